The highest BCUT2D eigenvalue weighted by Crippen LogP contribution is 2.32. The number of hydrogen-bond donors (Lipinski definition) is 3. The number of rotatable bonds is 4. The minimum Gasteiger partial charge on any atom is -0.497 e. The highest BCUT2D eigenvalue weighted by molar-refractivity contribution is 6.29. The second-order valence-corrected chi connectivity index (χ2v) is 7.58. The van der Waals surface area contributed by atoms with E-state index in [4.69, 9.17) is 22.1 Å². The lowest BCUT2D eigenvalue weighted by molar-refractivity contribution is 0.310. The number of ether oxygens (including phenoxy) is 1. The fourth-order valence-corrected chi connectivity index (χ4v) is 4.25. The molecule has 2 aliphatic heterocycles. The summed E-state index contributed by atoms with van der Waals surface area (Å²) in [6, 6.07) is 10.9. The van der Waals surface area contributed by atoms with Crippen LogP contribution in [0, 0.1) is 5.92 Å². The summed E-state index contributed by atoms with van der Waals surface area (Å²) in [6.07, 6.45) is 3.30. The summed E-state index contributed by atoms with van der Waals surface area (Å²) in [7, 11) is 1.69. The third-order valence-corrected chi connectivity index (χ3v) is 5.78. The summed E-state index contributed by atoms with van der Waals surface area (Å²) in [5, 5.41) is 0.392. The predicted octanol–water partition coefficient (Wildman–Crippen LogP) is 2.54. The molecule has 0 amide bonds. The highest BCUT2D eigenvalue weighted by Gasteiger charge is 2.33. The van der Waals surface area contributed by atoms with Crippen molar-refractivity contribution in [1.29, 1.82) is 0 Å². The Hall–Kier alpha value is -2.09. The number of nitrogens with one attached hydrogen (secondary N) is 2. The van der Waals surface area contributed by atoms with Crippen molar-refractivity contribution in [2.75, 3.05) is 30.8 Å². The first-order valence-corrected chi connectivity index (χ1v) is 9.70. The predicted molar refractivity (Wildman–Crippen MR) is 107 cm³/mol. The maximum absolute atomic E-state index is 6.01. The number of methoxy groups -OCH3 is 1. The number of halogens is 1. The van der Waals surface area contributed by atoms with E-state index in [0.717, 1.165) is 43.9 Å². The Bertz CT molecular complexity index is 758. The third kappa shape index (κ3) is 4.10. The van der Waals surface area contributed by atoms with Crippen LogP contribution < -0.4 is 26.2 Å². The fraction of sp³-hybridized carbons (Fsp3) is 0.474. The fourth-order valence-electron chi connectivity index (χ4n) is 4.06. The molecule has 0 aliphatic carbocycles. The highest BCUT2D eigenvalue weighted by atomic mass is 35.5. The number of nitrogens with zero attached hydrogens (tertiary/aromatic N) is 3. The zero-order valence-electron chi connectivity index (χ0n) is 15.4. The van der Waals surface area contributed by atoms with E-state index >= 15 is 0 Å². The van der Waals surface area contributed by atoms with Gasteiger partial charge in [-0.15, -0.1) is 0 Å². The van der Waals surface area contributed by atoms with Gasteiger partial charge < -0.3 is 15.4 Å². The number of hydrogen-bond acceptors (Lipinski definition) is 7. The van der Waals surface area contributed by atoms with E-state index in [1.807, 2.05) is 12.1 Å². The minimum absolute atomic E-state index is 0.226. The Labute approximate surface area is 164 Å². The Morgan fingerprint density at radius 3 is 2.56 bits per heavy atom. The first-order chi connectivity index (χ1) is 13.1. The van der Waals surface area contributed by atoms with Gasteiger partial charge in [0.2, 0.25) is 5.95 Å². The van der Waals surface area contributed by atoms with E-state index < -0.39 is 0 Å². The summed E-state index contributed by atoms with van der Waals surface area (Å²) in [6.45, 7) is 1.89. The molecule has 27 heavy (non-hydrogen) atoms. The molecule has 1 aromatic heterocycles. The minimum atomic E-state index is 0.226. The van der Waals surface area contributed by atoms with Gasteiger partial charge in [-0.25, -0.2) is 4.98 Å². The Morgan fingerprint density at radius 2 is 1.89 bits per heavy atom. The average Bonchev–Trinajstić information content (AvgIpc) is 3.18. The van der Waals surface area contributed by atoms with Gasteiger partial charge in [-0.2, -0.15) is 4.98 Å². The molecule has 4 rings (SSSR count). The van der Waals surface area contributed by atoms with E-state index in [9.17, 15) is 0 Å². The monoisotopic (exact) mass is 388 g/mol. The van der Waals surface area contributed by atoms with Gasteiger partial charge in [0, 0.05) is 31.2 Å². The van der Waals surface area contributed by atoms with Crippen molar-refractivity contribution in [3.8, 4) is 5.75 Å². The molecule has 2 fully saturated rings. The SMILES string of the molecule is COc1ccc(C2CC(C3CCN(c4cc(Cl)nc(N)n4)CC3)NN2)cc1. The topological polar surface area (TPSA) is 88.3 Å². The zero-order chi connectivity index (χ0) is 18.8. The Balaban J connectivity index is 1.33. The Morgan fingerprint density at radius 1 is 1.15 bits per heavy atom. The van der Waals surface area contributed by atoms with Gasteiger partial charge in [0.1, 0.15) is 16.7 Å². The molecule has 2 atom stereocenters. The normalized spacial score (nSPS) is 23.6. The van der Waals surface area contributed by atoms with Crippen LogP contribution in [0.15, 0.2) is 30.3 Å². The van der Waals surface area contributed by atoms with Gasteiger partial charge in [-0.3, -0.25) is 10.9 Å². The molecule has 7 nitrogen and oxygen atoms in total. The van der Waals surface area contributed by atoms with Gasteiger partial charge in [0.15, 0.2) is 0 Å². The average molecular weight is 389 g/mol. The lowest BCUT2D eigenvalue weighted by atomic mass is 9.86. The number of hydrazine groups is 1. The molecule has 4 N–H and O–H groups in total. The molecular formula is C19H25ClN6O. The van der Waals surface area contributed by atoms with Crippen molar-refractivity contribution < 1.29 is 4.74 Å². The first-order valence-electron chi connectivity index (χ1n) is 9.32. The van der Waals surface area contributed by atoms with Crippen LogP contribution in [0.5, 0.6) is 5.75 Å². The van der Waals surface area contributed by atoms with Gasteiger partial charge in [-0.05, 0) is 42.9 Å². The van der Waals surface area contributed by atoms with E-state index in [2.05, 4.69) is 37.9 Å². The van der Waals surface area contributed by atoms with Crippen LogP contribution in [-0.2, 0) is 0 Å². The van der Waals surface area contributed by atoms with Crippen LogP contribution >= 0.6 is 11.6 Å². The van der Waals surface area contributed by atoms with Crippen LogP contribution in [0.2, 0.25) is 5.15 Å². The maximum atomic E-state index is 6.01. The number of piperidine rings is 1. The summed E-state index contributed by atoms with van der Waals surface area (Å²) in [5.41, 5.74) is 14.0. The third-order valence-electron chi connectivity index (χ3n) is 5.58. The summed E-state index contributed by atoms with van der Waals surface area (Å²) in [4.78, 5) is 10.5. The van der Waals surface area contributed by atoms with Crippen molar-refractivity contribution in [2.45, 2.75) is 31.3 Å². The number of nitrogen functional groups attached to an aromatic ring is 1. The molecule has 0 saturated carbocycles. The van der Waals surface area contributed by atoms with Gasteiger partial charge in [-0.1, -0.05) is 23.7 Å². The second-order valence-electron chi connectivity index (χ2n) is 7.19. The summed E-state index contributed by atoms with van der Waals surface area (Å²) < 4.78 is 5.24. The number of aromatic nitrogens is 2. The molecule has 144 valence electrons. The van der Waals surface area contributed by atoms with Crippen LogP contribution in [0.3, 0.4) is 0 Å². The number of anilines is 2. The number of nitrogens with two attached hydrogens (primary N) is 1. The van der Waals surface area contributed by atoms with Crippen molar-refractivity contribution >= 4 is 23.4 Å². The molecule has 2 unspecified atom stereocenters. The standard InChI is InChI=1S/C19H25ClN6O/c1-27-14-4-2-12(3-5-14)15-10-16(25-24-15)13-6-8-26(9-7-13)18-11-17(20)22-19(21)23-18/h2-5,11,13,15-16,24-25H,6-10H2,1H3,(H2,21,22,23). The van der Waals surface area contributed by atoms with Gasteiger partial charge in [0.25, 0.3) is 0 Å². The molecule has 0 spiro atoms. The van der Waals surface area contributed by atoms with Crippen LogP contribution in [0.25, 0.3) is 0 Å². The van der Waals surface area contributed by atoms with E-state index in [1.165, 1.54) is 5.56 Å². The van der Waals surface area contributed by atoms with Crippen LogP contribution in [0.1, 0.15) is 30.9 Å². The van der Waals surface area contributed by atoms with Gasteiger partial charge in [0.05, 0.1) is 7.11 Å². The van der Waals surface area contributed by atoms with E-state index in [1.54, 1.807) is 13.2 Å². The molecule has 8 heteroatoms. The molecule has 2 saturated heterocycles. The summed E-state index contributed by atoms with van der Waals surface area (Å²) >= 11 is 6.01. The molecule has 0 bridgehead atoms. The maximum Gasteiger partial charge on any atom is 0.223 e. The largest absolute Gasteiger partial charge is 0.497 e. The van der Waals surface area contributed by atoms with E-state index in [-0.39, 0.29) is 5.95 Å². The second kappa shape index (κ2) is 7.88. The Kier molecular flexibility index (Phi) is 5.33. The van der Waals surface area contributed by atoms with Gasteiger partial charge >= 0.3 is 0 Å². The van der Waals surface area contributed by atoms with Crippen molar-refractivity contribution in [2.24, 2.45) is 5.92 Å². The van der Waals surface area contributed by atoms with Crippen LogP contribution in [-0.4, -0.2) is 36.2 Å². The molecule has 1 aromatic carbocycles. The zero-order valence-corrected chi connectivity index (χ0v) is 16.1. The van der Waals surface area contributed by atoms with E-state index in [0.29, 0.717) is 23.2 Å². The lowest BCUT2D eigenvalue weighted by Gasteiger charge is -2.35. The molecule has 3 heterocycles. The molecule has 2 aromatic rings. The lowest BCUT2D eigenvalue weighted by Crippen LogP contribution is -2.43. The number of benzene rings is 1. The molecule has 2 aliphatic rings. The van der Waals surface area contributed by atoms with Crippen LogP contribution in [0.4, 0.5) is 11.8 Å². The van der Waals surface area contributed by atoms with Crippen molar-refractivity contribution in [3.05, 3.63) is 41.0 Å². The molecular weight excluding hydrogens is 364 g/mol. The molecule has 0 radical (unpaired) electrons. The summed E-state index contributed by atoms with van der Waals surface area (Å²) in [5.74, 6) is 2.56. The van der Waals surface area contributed by atoms with Crippen molar-refractivity contribution in [1.82, 2.24) is 20.8 Å². The smallest absolute Gasteiger partial charge is 0.223 e. The quantitative estimate of drug-likeness (QED) is 0.693. The van der Waals surface area contributed by atoms with Crippen molar-refractivity contribution in [3.63, 3.8) is 0 Å². The first kappa shape index (κ1) is 18.3.